The van der Waals surface area contributed by atoms with Crippen LogP contribution in [0.5, 0.6) is 0 Å². The number of nitrogens with zero attached hydrogens (tertiary/aromatic N) is 1. The second kappa shape index (κ2) is 6.74. The van der Waals surface area contributed by atoms with Crippen LogP contribution in [-0.2, 0) is 4.79 Å². The first kappa shape index (κ1) is 14.8. The molecule has 0 unspecified atom stereocenters. The van der Waals surface area contributed by atoms with E-state index in [1.165, 1.54) is 25.7 Å². The molecule has 1 amide bonds. The summed E-state index contributed by atoms with van der Waals surface area (Å²) in [4.78, 5) is 14.6. The van der Waals surface area contributed by atoms with E-state index < -0.39 is 0 Å². The number of carbonyl (C=O) groups excluding carboxylic acids is 1. The normalized spacial score (nSPS) is 20.6. The number of hydrogen-bond donors (Lipinski definition) is 1. The van der Waals surface area contributed by atoms with Gasteiger partial charge in [0.1, 0.15) is 0 Å². The van der Waals surface area contributed by atoms with E-state index in [4.69, 9.17) is 5.73 Å². The van der Waals surface area contributed by atoms with Gasteiger partial charge in [-0.3, -0.25) is 4.79 Å². The van der Waals surface area contributed by atoms with E-state index in [0.29, 0.717) is 30.7 Å². The molecule has 2 aliphatic rings. The van der Waals surface area contributed by atoms with Crippen LogP contribution >= 0.6 is 0 Å². The standard InChI is InChI=1S/C16H30N2O/c1-12(2)7-15(9-17)8-16(19)18(10-13-3-4-13)11-14-5-6-14/h12-15H,3-11,17H2,1-2H3/t15-/m0/s1. The molecular formula is C16H30N2O. The fourth-order valence-corrected chi connectivity index (χ4v) is 2.81. The Morgan fingerprint density at radius 3 is 2.05 bits per heavy atom. The van der Waals surface area contributed by atoms with E-state index in [-0.39, 0.29) is 0 Å². The minimum absolute atomic E-state index is 0.356. The zero-order valence-electron chi connectivity index (χ0n) is 12.6. The van der Waals surface area contributed by atoms with Gasteiger partial charge in [-0.2, -0.15) is 0 Å². The van der Waals surface area contributed by atoms with E-state index in [0.717, 1.165) is 31.3 Å². The molecule has 2 fully saturated rings. The molecule has 0 saturated heterocycles. The maximum absolute atomic E-state index is 12.5. The van der Waals surface area contributed by atoms with Crippen LogP contribution in [0.2, 0.25) is 0 Å². The van der Waals surface area contributed by atoms with Gasteiger partial charge in [0, 0.05) is 19.5 Å². The predicted octanol–water partition coefficient (Wildman–Crippen LogP) is 2.65. The van der Waals surface area contributed by atoms with Crippen molar-refractivity contribution in [3.8, 4) is 0 Å². The third kappa shape index (κ3) is 5.52. The molecule has 110 valence electrons. The van der Waals surface area contributed by atoms with Crippen LogP contribution in [0.25, 0.3) is 0 Å². The molecule has 1 atom stereocenters. The molecule has 0 aliphatic heterocycles. The first-order valence-corrected chi connectivity index (χ1v) is 8.06. The van der Waals surface area contributed by atoms with Crippen molar-refractivity contribution in [3.05, 3.63) is 0 Å². The van der Waals surface area contributed by atoms with Crippen LogP contribution in [0.4, 0.5) is 0 Å². The summed E-state index contributed by atoms with van der Waals surface area (Å²) in [6.45, 7) is 7.08. The number of rotatable bonds is 9. The van der Waals surface area contributed by atoms with Crippen LogP contribution in [0.3, 0.4) is 0 Å². The number of carbonyl (C=O) groups is 1. The van der Waals surface area contributed by atoms with E-state index in [1.807, 2.05) is 0 Å². The van der Waals surface area contributed by atoms with Gasteiger partial charge in [0.25, 0.3) is 0 Å². The lowest BCUT2D eigenvalue weighted by molar-refractivity contribution is -0.132. The van der Waals surface area contributed by atoms with Gasteiger partial charge in [-0.05, 0) is 62.3 Å². The predicted molar refractivity (Wildman–Crippen MR) is 78.6 cm³/mol. The average molecular weight is 266 g/mol. The molecule has 0 bridgehead atoms. The Hall–Kier alpha value is -0.570. The minimum atomic E-state index is 0.356. The molecule has 0 aromatic carbocycles. The van der Waals surface area contributed by atoms with Gasteiger partial charge in [-0.1, -0.05) is 13.8 Å². The smallest absolute Gasteiger partial charge is 0.222 e. The molecular weight excluding hydrogens is 236 g/mol. The van der Waals surface area contributed by atoms with Gasteiger partial charge in [0.2, 0.25) is 5.91 Å². The summed E-state index contributed by atoms with van der Waals surface area (Å²) in [7, 11) is 0. The molecule has 0 aromatic heterocycles. The highest BCUT2D eigenvalue weighted by molar-refractivity contribution is 5.76. The summed E-state index contributed by atoms with van der Waals surface area (Å²) < 4.78 is 0. The molecule has 0 radical (unpaired) electrons. The maximum Gasteiger partial charge on any atom is 0.222 e. The van der Waals surface area contributed by atoms with Crippen LogP contribution in [0.1, 0.15) is 52.4 Å². The summed E-state index contributed by atoms with van der Waals surface area (Å²) in [5.41, 5.74) is 5.83. The monoisotopic (exact) mass is 266 g/mol. The second-order valence-corrected chi connectivity index (χ2v) is 7.12. The molecule has 3 heteroatoms. The third-order valence-corrected chi connectivity index (χ3v) is 4.31. The van der Waals surface area contributed by atoms with Crippen LogP contribution in [0.15, 0.2) is 0 Å². The molecule has 2 rings (SSSR count). The largest absolute Gasteiger partial charge is 0.342 e. The summed E-state index contributed by atoms with van der Waals surface area (Å²) in [5, 5.41) is 0. The van der Waals surface area contributed by atoms with Crippen molar-refractivity contribution in [2.75, 3.05) is 19.6 Å². The fraction of sp³-hybridized carbons (Fsp3) is 0.938. The summed E-state index contributed by atoms with van der Waals surface area (Å²) >= 11 is 0. The van der Waals surface area contributed by atoms with Crippen molar-refractivity contribution in [2.24, 2.45) is 29.4 Å². The molecule has 2 N–H and O–H groups in total. The zero-order chi connectivity index (χ0) is 13.8. The Labute approximate surface area is 117 Å². The van der Waals surface area contributed by atoms with Crippen LogP contribution in [0, 0.1) is 23.7 Å². The molecule has 3 nitrogen and oxygen atoms in total. The Bertz CT molecular complexity index is 281. The second-order valence-electron chi connectivity index (χ2n) is 7.12. The molecule has 19 heavy (non-hydrogen) atoms. The number of hydrogen-bond acceptors (Lipinski definition) is 2. The number of amides is 1. The zero-order valence-corrected chi connectivity index (χ0v) is 12.6. The lowest BCUT2D eigenvalue weighted by Gasteiger charge is -2.25. The average Bonchev–Trinajstić information content (AvgIpc) is 3.21. The van der Waals surface area contributed by atoms with Gasteiger partial charge in [0.05, 0.1) is 0 Å². The molecule has 2 saturated carbocycles. The van der Waals surface area contributed by atoms with Crippen molar-refractivity contribution in [2.45, 2.75) is 52.4 Å². The van der Waals surface area contributed by atoms with Crippen LogP contribution < -0.4 is 5.73 Å². The van der Waals surface area contributed by atoms with Crippen molar-refractivity contribution in [1.82, 2.24) is 4.90 Å². The van der Waals surface area contributed by atoms with Crippen molar-refractivity contribution < 1.29 is 4.79 Å². The molecule has 0 heterocycles. The van der Waals surface area contributed by atoms with Gasteiger partial charge in [0.15, 0.2) is 0 Å². The highest BCUT2D eigenvalue weighted by atomic mass is 16.2. The summed E-state index contributed by atoms with van der Waals surface area (Å²) in [6.07, 6.45) is 7.01. The number of nitrogens with two attached hydrogens (primary N) is 1. The lowest BCUT2D eigenvalue weighted by Crippen LogP contribution is -2.37. The van der Waals surface area contributed by atoms with Gasteiger partial charge in [-0.15, -0.1) is 0 Å². The quantitative estimate of drug-likeness (QED) is 0.697. The highest BCUT2D eigenvalue weighted by Crippen LogP contribution is 2.34. The summed E-state index contributed by atoms with van der Waals surface area (Å²) in [6, 6.07) is 0. The molecule has 0 aromatic rings. The Kier molecular flexibility index (Phi) is 5.26. The first-order valence-electron chi connectivity index (χ1n) is 8.06. The topological polar surface area (TPSA) is 46.3 Å². The van der Waals surface area contributed by atoms with Crippen LogP contribution in [-0.4, -0.2) is 30.4 Å². The maximum atomic E-state index is 12.5. The minimum Gasteiger partial charge on any atom is -0.342 e. The van der Waals surface area contributed by atoms with Crippen molar-refractivity contribution >= 4 is 5.91 Å². The third-order valence-electron chi connectivity index (χ3n) is 4.31. The SMILES string of the molecule is CC(C)C[C@H](CN)CC(=O)N(CC1CC1)CC1CC1. The van der Waals surface area contributed by atoms with Crippen molar-refractivity contribution in [3.63, 3.8) is 0 Å². The molecule has 0 spiro atoms. The highest BCUT2D eigenvalue weighted by Gasteiger charge is 2.32. The van der Waals surface area contributed by atoms with Gasteiger partial charge in [-0.25, -0.2) is 0 Å². The molecule has 2 aliphatic carbocycles. The van der Waals surface area contributed by atoms with E-state index in [1.54, 1.807) is 0 Å². The lowest BCUT2D eigenvalue weighted by atomic mass is 9.93. The van der Waals surface area contributed by atoms with Gasteiger partial charge < -0.3 is 10.6 Å². The Morgan fingerprint density at radius 1 is 1.16 bits per heavy atom. The van der Waals surface area contributed by atoms with E-state index >= 15 is 0 Å². The summed E-state index contributed by atoms with van der Waals surface area (Å²) in [5.74, 6) is 2.94. The van der Waals surface area contributed by atoms with Gasteiger partial charge >= 0.3 is 0 Å². The van der Waals surface area contributed by atoms with Crippen molar-refractivity contribution in [1.29, 1.82) is 0 Å². The van der Waals surface area contributed by atoms with E-state index in [2.05, 4.69) is 18.7 Å². The Balaban J connectivity index is 1.81. The van der Waals surface area contributed by atoms with E-state index in [9.17, 15) is 4.79 Å². The first-order chi connectivity index (χ1) is 9.08. The fourth-order valence-electron chi connectivity index (χ4n) is 2.81. The Morgan fingerprint density at radius 2 is 1.68 bits per heavy atom.